The molecule has 4 unspecified atom stereocenters. The number of carbonyl (C=O) groups excluding carboxylic acids is 3. The molecule has 0 radical (unpaired) electrons. The summed E-state index contributed by atoms with van der Waals surface area (Å²) in [6.07, 6.45) is 16.6. The Morgan fingerprint density at radius 1 is 0.984 bits per heavy atom. The minimum Gasteiger partial charge on any atom is -0.497 e. The van der Waals surface area contributed by atoms with Gasteiger partial charge in [0.1, 0.15) is 5.76 Å². The Kier molecular flexibility index (Phi) is 14.1. The van der Waals surface area contributed by atoms with Crippen LogP contribution in [0.3, 0.4) is 0 Å². The van der Waals surface area contributed by atoms with Crippen molar-refractivity contribution >= 4 is 17.9 Å². The van der Waals surface area contributed by atoms with Gasteiger partial charge in [-0.05, 0) is 138 Å². The van der Waals surface area contributed by atoms with E-state index >= 15 is 0 Å². The number of aliphatic hydroxyl groups is 2. The number of nitrogens with zero attached hydrogens (tertiary/aromatic N) is 1. The molecular formula is C49H65NO11. The lowest BCUT2D eigenvalue weighted by atomic mass is 9.70. The first-order chi connectivity index (χ1) is 28.8. The van der Waals surface area contributed by atoms with Gasteiger partial charge < -0.3 is 38.6 Å². The highest BCUT2D eigenvalue weighted by Crippen LogP contribution is 2.51. The first-order valence-electron chi connectivity index (χ1n) is 21.6. The highest BCUT2D eigenvalue weighted by Gasteiger charge is 2.54. The topological polar surface area (TPSA) is 150 Å². The van der Waals surface area contributed by atoms with Gasteiger partial charge in [0.05, 0.1) is 26.2 Å². The van der Waals surface area contributed by atoms with Crippen LogP contribution in [-0.4, -0.2) is 90.2 Å². The summed E-state index contributed by atoms with van der Waals surface area (Å²) in [6, 6.07) is 3.55. The van der Waals surface area contributed by atoms with Crippen LogP contribution in [0.4, 0.5) is 0 Å². The molecule has 1 aromatic carbocycles. The van der Waals surface area contributed by atoms with E-state index < -0.39 is 53.8 Å². The Bertz CT molecular complexity index is 2030. The number of ether oxygens (including phenoxy) is 6. The zero-order valence-electron chi connectivity index (χ0n) is 37.4. The SMILES string of the molecule is COC(=O)CC(O)(CCC(C)(C)O)C(=O)O[C@@H]1C(OC)=CC2CCC(OC(=O)/C=C(C)/C=C/C=C(C)/C=C/C3=C(C)CCCC3(C)C)N3CCc4cc5c(cc4[C@H]1C23)OCO5. The molecule has 6 rings (SSSR count). The molecule has 1 saturated heterocycles. The predicted octanol–water partition coefficient (Wildman–Crippen LogP) is 7.84. The highest BCUT2D eigenvalue weighted by molar-refractivity contribution is 5.86. The third kappa shape index (κ3) is 10.7. The van der Waals surface area contributed by atoms with Crippen molar-refractivity contribution in [2.24, 2.45) is 11.3 Å². The van der Waals surface area contributed by atoms with Crippen molar-refractivity contribution in [3.05, 3.63) is 93.8 Å². The summed E-state index contributed by atoms with van der Waals surface area (Å²) in [5.74, 6) is -1.36. The van der Waals surface area contributed by atoms with Crippen LogP contribution in [-0.2, 0) is 39.8 Å². The van der Waals surface area contributed by atoms with E-state index in [2.05, 4.69) is 44.7 Å². The number of rotatable bonds is 14. The molecule has 332 valence electrons. The van der Waals surface area contributed by atoms with Crippen LogP contribution in [0.2, 0.25) is 0 Å². The summed E-state index contributed by atoms with van der Waals surface area (Å²) >= 11 is 0. The lowest BCUT2D eigenvalue weighted by molar-refractivity contribution is -0.184. The lowest BCUT2D eigenvalue weighted by Crippen LogP contribution is -2.58. The number of carbonyl (C=O) groups is 3. The van der Waals surface area contributed by atoms with Gasteiger partial charge in [0, 0.05) is 24.6 Å². The van der Waals surface area contributed by atoms with Gasteiger partial charge in [0.25, 0.3) is 0 Å². The zero-order valence-corrected chi connectivity index (χ0v) is 37.4. The quantitative estimate of drug-likeness (QED) is 0.0813. The molecule has 1 fully saturated rings. The van der Waals surface area contributed by atoms with E-state index in [-0.39, 0.29) is 37.0 Å². The standard InChI is InChI=1S/C49H65NO11/c1-30(15-17-36-32(3)14-11-20-47(36,4)5)12-10-13-31(2)24-41(51)60-40-18-16-34-26-39(56-8)45(61-46(53)49(55,28-42(52)57-9)22-21-48(6,7)54)43-35-27-38-37(58-29-59-38)25-33(35)19-23-50(40)44(34)43/h10,12-13,15,17,24-27,34,40,43-45,54-55H,11,14,16,18-23,28-29H2,1-9H3/b13-10+,17-15+,30-12+,31-24+/t34?,40?,43-,44?,45+,49?/m0/s1. The minimum absolute atomic E-state index is 0.00281. The number of benzene rings is 1. The summed E-state index contributed by atoms with van der Waals surface area (Å²) in [5.41, 5.74) is 3.16. The summed E-state index contributed by atoms with van der Waals surface area (Å²) in [6.45, 7) is 14.5. The Balaban J connectivity index is 1.26. The Morgan fingerprint density at radius 3 is 2.41 bits per heavy atom. The molecule has 2 aliphatic carbocycles. The molecule has 0 bridgehead atoms. The summed E-state index contributed by atoms with van der Waals surface area (Å²) in [4.78, 5) is 42.6. The molecule has 6 atom stereocenters. The number of allylic oxidation sites excluding steroid dienone is 9. The maximum atomic E-state index is 14.2. The van der Waals surface area contributed by atoms with Crippen LogP contribution in [0.25, 0.3) is 0 Å². The molecule has 1 aromatic rings. The van der Waals surface area contributed by atoms with Crippen molar-refractivity contribution in [1.82, 2.24) is 4.90 Å². The van der Waals surface area contributed by atoms with Crippen molar-refractivity contribution in [1.29, 1.82) is 0 Å². The van der Waals surface area contributed by atoms with Gasteiger partial charge in [-0.2, -0.15) is 0 Å². The Hall–Kier alpha value is -4.65. The number of piperidine rings is 1. The highest BCUT2D eigenvalue weighted by atomic mass is 16.7. The molecule has 0 spiro atoms. The van der Waals surface area contributed by atoms with Crippen molar-refractivity contribution in [3.8, 4) is 11.5 Å². The maximum absolute atomic E-state index is 14.2. The Morgan fingerprint density at radius 2 is 1.72 bits per heavy atom. The van der Waals surface area contributed by atoms with Gasteiger partial charge in [-0.1, -0.05) is 55.4 Å². The van der Waals surface area contributed by atoms with Crippen LogP contribution in [0.15, 0.2) is 82.7 Å². The number of esters is 3. The molecule has 2 N–H and O–H groups in total. The third-order valence-corrected chi connectivity index (χ3v) is 13.0. The molecule has 12 heteroatoms. The van der Waals surface area contributed by atoms with Gasteiger partial charge in [-0.25, -0.2) is 9.59 Å². The molecule has 0 amide bonds. The Labute approximate surface area is 360 Å². The smallest absolute Gasteiger partial charge is 0.339 e. The van der Waals surface area contributed by atoms with E-state index in [0.717, 1.165) is 28.7 Å². The van der Waals surface area contributed by atoms with E-state index in [1.54, 1.807) is 13.8 Å². The second kappa shape index (κ2) is 18.8. The monoisotopic (exact) mass is 843 g/mol. The van der Waals surface area contributed by atoms with Crippen LogP contribution < -0.4 is 9.47 Å². The van der Waals surface area contributed by atoms with Gasteiger partial charge in [0.15, 0.2) is 29.4 Å². The summed E-state index contributed by atoms with van der Waals surface area (Å²) in [5, 5.41) is 22.3. The zero-order chi connectivity index (χ0) is 44.3. The van der Waals surface area contributed by atoms with E-state index in [0.29, 0.717) is 43.1 Å². The second-order valence-electron chi connectivity index (χ2n) is 18.7. The van der Waals surface area contributed by atoms with Crippen LogP contribution >= 0.6 is 0 Å². The van der Waals surface area contributed by atoms with Crippen molar-refractivity contribution in [2.75, 3.05) is 27.6 Å². The number of hydrogen-bond donors (Lipinski definition) is 2. The second-order valence-corrected chi connectivity index (χ2v) is 18.7. The summed E-state index contributed by atoms with van der Waals surface area (Å²) in [7, 11) is 2.69. The molecule has 5 aliphatic rings. The van der Waals surface area contributed by atoms with Gasteiger partial charge in [-0.3, -0.25) is 9.69 Å². The fraction of sp³-hybridized carbons (Fsp3) is 0.571. The fourth-order valence-corrected chi connectivity index (χ4v) is 9.63. The van der Waals surface area contributed by atoms with Gasteiger partial charge in [-0.15, -0.1) is 0 Å². The molecule has 12 nitrogen and oxygen atoms in total. The molecule has 0 aromatic heterocycles. The van der Waals surface area contributed by atoms with Crippen molar-refractivity contribution < 1.29 is 53.0 Å². The molecule has 3 aliphatic heterocycles. The minimum atomic E-state index is -2.30. The molecule has 0 saturated carbocycles. The van der Waals surface area contributed by atoms with Crippen molar-refractivity contribution in [3.63, 3.8) is 0 Å². The average Bonchev–Trinajstić information content (AvgIpc) is 3.58. The van der Waals surface area contributed by atoms with E-state index in [1.165, 1.54) is 44.3 Å². The van der Waals surface area contributed by atoms with E-state index in [4.69, 9.17) is 28.4 Å². The van der Waals surface area contributed by atoms with Crippen LogP contribution in [0.5, 0.6) is 11.5 Å². The maximum Gasteiger partial charge on any atom is 0.339 e. The van der Waals surface area contributed by atoms with Crippen molar-refractivity contribution in [2.45, 2.75) is 142 Å². The van der Waals surface area contributed by atoms with Crippen LogP contribution in [0.1, 0.15) is 117 Å². The van der Waals surface area contributed by atoms with E-state index in [9.17, 15) is 24.6 Å². The average molecular weight is 844 g/mol. The largest absolute Gasteiger partial charge is 0.497 e. The fourth-order valence-electron chi connectivity index (χ4n) is 9.63. The molecular weight excluding hydrogens is 779 g/mol. The number of hydrogen-bond acceptors (Lipinski definition) is 12. The molecule has 61 heavy (non-hydrogen) atoms. The first kappa shape index (κ1) is 45.9. The first-order valence-corrected chi connectivity index (χ1v) is 21.6. The number of fused-ring (bicyclic) bond motifs is 3. The van der Waals surface area contributed by atoms with E-state index in [1.807, 2.05) is 43.4 Å². The summed E-state index contributed by atoms with van der Waals surface area (Å²) < 4.78 is 35.0. The van der Waals surface area contributed by atoms with Crippen LogP contribution in [0, 0.1) is 11.3 Å². The molecule has 3 heterocycles. The third-order valence-electron chi connectivity index (χ3n) is 13.0. The van der Waals surface area contributed by atoms with Gasteiger partial charge in [0.2, 0.25) is 6.79 Å². The van der Waals surface area contributed by atoms with Gasteiger partial charge >= 0.3 is 17.9 Å². The predicted molar refractivity (Wildman–Crippen MR) is 230 cm³/mol. The normalized spacial score (nSPS) is 26.2. The lowest BCUT2D eigenvalue weighted by Gasteiger charge is -2.51. The number of methoxy groups -OCH3 is 2.